The first-order valence-corrected chi connectivity index (χ1v) is 32.7. The quantitative estimate of drug-likeness (QED) is 0.0185. The van der Waals surface area contributed by atoms with Gasteiger partial charge in [0.1, 0.15) is 12.3 Å². The number of nitrogens with one attached hydrogen (secondary N) is 4. The minimum Gasteiger partial charge on any atom is -0.475 e. The van der Waals surface area contributed by atoms with E-state index in [2.05, 4.69) is 106 Å². The second-order valence-corrected chi connectivity index (χ2v) is 27.9. The predicted octanol–water partition coefficient (Wildman–Crippen LogP) is 7.57. The van der Waals surface area contributed by atoms with Crippen molar-refractivity contribution in [3.63, 3.8) is 0 Å². The highest BCUT2D eigenvalue weighted by molar-refractivity contribution is 8.02. The fourth-order valence-electron chi connectivity index (χ4n) is 7.39. The van der Waals surface area contributed by atoms with Gasteiger partial charge in [0.25, 0.3) is 5.91 Å². The molecule has 6 N–H and O–H groups in total. The molecule has 88 heavy (non-hydrogen) atoms. The zero-order chi connectivity index (χ0) is 64.9. The van der Waals surface area contributed by atoms with Crippen LogP contribution in [0.1, 0.15) is 120 Å². The molecule has 0 radical (unpaired) electrons. The molecular weight excluding hydrogens is 1170 g/mol. The number of thioether (sulfide) groups is 2. The Kier molecular flexibility index (Phi) is 42.7. The lowest BCUT2D eigenvalue weighted by atomic mass is 9.90. The average Bonchev–Trinajstić information content (AvgIpc) is 4.06. The summed E-state index contributed by atoms with van der Waals surface area (Å²) >= 11 is 3.49. The Bertz CT molecular complexity index is 2200. The van der Waals surface area contributed by atoms with Crippen molar-refractivity contribution in [2.45, 2.75) is 143 Å². The third kappa shape index (κ3) is 46.5. The van der Waals surface area contributed by atoms with Crippen molar-refractivity contribution in [3.8, 4) is 0 Å². The number of rotatable bonds is 54. The first kappa shape index (κ1) is 79.5. The molecule has 2 aromatic rings. The lowest BCUT2D eigenvalue weighted by molar-refractivity contribution is -0.132. The summed E-state index contributed by atoms with van der Waals surface area (Å²) in [7, 11) is 0. The van der Waals surface area contributed by atoms with Crippen molar-refractivity contribution in [3.05, 3.63) is 54.2 Å². The maximum atomic E-state index is 13.9. The van der Waals surface area contributed by atoms with Crippen molar-refractivity contribution in [2.75, 3.05) is 149 Å². The Labute approximate surface area is 533 Å². The average molecular weight is 1280 g/mol. The number of hydrogen-bond donors (Lipinski definition) is 5. The van der Waals surface area contributed by atoms with Crippen molar-refractivity contribution in [1.82, 2.24) is 30.9 Å². The number of hydrogen-bond acceptors (Lipinski definition) is 21. The molecule has 1 heterocycles. The summed E-state index contributed by atoms with van der Waals surface area (Å²) < 4.78 is 57.6. The topological polar surface area (TPSA) is 287 Å². The molecule has 0 bridgehead atoms. The van der Waals surface area contributed by atoms with E-state index in [-0.39, 0.29) is 65.1 Å². The van der Waals surface area contributed by atoms with E-state index in [0.717, 1.165) is 24.3 Å². The van der Waals surface area contributed by atoms with Crippen LogP contribution >= 0.6 is 23.5 Å². The van der Waals surface area contributed by atoms with E-state index in [1.54, 1.807) is 40.3 Å². The Morgan fingerprint density at radius 3 is 1.64 bits per heavy atom. The number of carbonyl (C=O) groups excluding carboxylic acids is 4. The third-order valence-corrected chi connectivity index (χ3v) is 14.8. The van der Waals surface area contributed by atoms with E-state index in [4.69, 9.17) is 57.9 Å². The Hall–Kier alpha value is -4.61. The molecule has 24 nitrogen and oxygen atoms in total. The van der Waals surface area contributed by atoms with E-state index in [1.807, 2.05) is 32.2 Å². The van der Waals surface area contributed by atoms with Crippen LogP contribution in [0.5, 0.6) is 0 Å². The van der Waals surface area contributed by atoms with Crippen LogP contribution in [0.2, 0.25) is 0 Å². The summed E-state index contributed by atoms with van der Waals surface area (Å²) in [5.74, 6) is -0.208. The number of nitrogens with zero attached hydrogens (tertiary/aromatic N) is 4. The second-order valence-electron chi connectivity index (χ2n) is 24.3. The minimum atomic E-state index is -0.852. The standard InChI is InChI=1S/C62H109N9O15S2/c1-48(2)40-55(67-57(73)45-86-69-54(46-87-61(7,8)9)47-88-62(10,11)12)56(72)41-51(14-13-20-64-59(63)75)58(74)66-52-17-15-50(16-18-52)44-85-49(3)65-42-53-43-71(70-68-53)21-23-77-25-27-79-29-31-81-33-35-83-37-39-84-38-36-82-34-32-80-30-28-78-26-24-76-22-19-60(4,5)6/h15-18,43,48,51,55,65H,3,13-14,19-42,44-47H2,1-2,4-12H3,(H,66,74)(H,67,73)(H3,63,64,75)/t51-,55+/m1/s1. The molecule has 4 amide bonds. The van der Waals surface area contributed by atoms with E-state index in [1.165, 1.54) is 0 Å². The maximum Gasteiger partial charge on any atom is 0.312 e. The number of anilines is 1. The highest BCUT2D eigenvalue weighted by Gasteiger charge is 2.29. The van der Waals surface area contributed by atoms with Crippen LogP contribution < -0.4 is 27.0 Å². The highest BCUT2D eigenvalue weighted by Crippen LogP contribution is 2.27. The number of Topliss-reactive ketones (excluding diaryl/α,β-unsaturated/α-hetero) is 1. The van der Waals surface area contributed by atoms with Crippen LogP contribution in [0.3, 0.4) is 0 Å². The van der Waals surface area contributed by atoms with E-state index >= 15 is 0 Å². The van der Waals surface area contributed by atoms with Crippen LogP contribution in [0.4, 0.5) is 10.5 Å². The van der Waals surface area contributed by atoms with Gasteiger partial charge in [-0.05, 0) is 61.3 Å². The summed E-state index contributed by atoms with van der Waals surface area (Å²) in [5.41, 5.74) is 8.41. The predicted molar refractivity (Wildman–Crippen MR) is 346 cm³/mol. The van der Waals surface area contributed by atoms with Gasteiger partial charge in [0.2, 0.25) is 5.91 Å². The smallest absolute Gasteiger partial charge is 0.312 e. The van der Waals surface area contributed by atoms with Gasteiger partial charge in [0.05, 0.1) is 143 Å². The SMILES string of the molecule is C=C(NCc1cn(CCOCCOCCOCCOCCOCCOCCOCCOCCOCCC(C)(C)C)nn1)OCc1ccc(NC(=O)[C@H](CCCNC(N)=O)CC(=O)[C@H](CC(C)C)NC(=O)CON=C(CSC(C)(C)C)CSC(C)(C)C)cc1. The zero-order valence-corrected chi connectivity index (χ0v) is 56.5. The first-order valence-electron chi connectivity index (χ1n) is 30.7. The van der Waals surface area contributed by atoms with Crippen LogP contribution in [0.25, 0.3) is 0 Å². The summed E-state index contributed by atoms with van der Waals surface area (Å²) in [5, 5.41) is 24.1. The minimum absolute atomic E-state index is 0.0225. The van der Waals surface area contributed by atoms with Gasteiger partial charge in [0.15, 0.2) is 18.3 Å². The lowest BCUT2D eigenvalue weighted by Crippen LogP contribution is -2.44. The maximum absolute atomic E-state index is 13.9. The summed E-state index contributed by atoms with van der Waals surface area (Å²) in [4.78, 5) is 57.9. The molecule has 0 aliphatic rings. The van der Waals surface area contributed by atoms with Gasteiger partial charge in [-0.15, -0.1) is 28.6 Å². The number of ether oxygens (including phenoxy) is 10. The number of oxime groups is 1. The molecule has 26 heteroatoms. The van der Waals surface area contributed by atoms with E-state index in [9.17, 15) is 19.2 Å². The van der Waals surface area contributed by atoms with E-state index < -0.39 is 23.9 Å². The molecule has 0 fully saturated rings. The first-order chi connectivity index (χ1) is 41.9. The van der Waals surface area contributed by atoms with Gasteiger partial charge in [-0.1, -0.05) is 98.7 Å². The van der Waals surface area contributed by atoms with Crippen molar-refractivity contribution < 1.29 is 71.4 Å². The van der Waals surface area contributed by atoms with Crippen molar-refractivity contribution >= 4 is 58.6 Å². The monoisotopic (exact) mass is 1280 g/mol. The number of aromatic nitrogens is 3. The summed E-state index contributed by atoms with van der Waals surface area (Å²) in [6.45, 7) is 37.3. The highest BCUT2D eigenvalue weighted by atomic mass is 32.2. The van der Waals surface area contributed by atoms with Crippen molar-refractivity contribution in [2.24, 2.45) is 28.1 Å². The van der Waals surface area contributed by atoms with Gasteiger partial charge in [-0.2, -0.15) is 0 Å². The fraction of sp³-hybridized carbons (Fsp3) is 0.758. The normalized spacial score (nSPS) is 12.6. The van der Waals surface area contributed by atoms with Crippen molar-refractivity contribution in [1.29, 1.82) is 0 Å². The van der Waals surface area contributed by atoms with Crippen LogP contribution in [0.15, 0.2) is 48.1 Å². The molecule has 2 rings (SSSR count). The number of ketones is 1. The molecule has 1 aromatic heterocycles. The largest absolute Gasteiger partial charge is 0.475 e. The summed E-state index contributed by atoms with van der Waals surface area (Å²) in [6, 6.07) is 5.58. The summed E-state index contributed by atoms with van der Waals surface area (Å²) in [6.07, 6.45) is 3.74. The number of nitrogens with two attached hydrogens (primary N) is 1. The molecular formula is C62H109N9O15S2. The number of urea groups is 1. The number of benzene rings is 1. The number of carbonyl (C=O) groups is 4. The number of amides is 4. The van der Waals surface area contributed by atoms with Gasteiger partial charge in [-0.25, -0.2) is 9.48 Å². The molecule has 2 atom stereocenters. The molecule has 504 valence electrons. The van der Waals surface area contributed by atoms with Crippen LogP contribution in [0, 0.1) is 17.3 Å². The molecule has 0 unspecified atom stereocenters. The molecule has 1 aromatic carbocycles. The van der Waals surface area contributed by atoms with Crippen LogP contribution in [-0.2, 0) is 86.3 Å². The number of primary amides is 1. The van der Waals surface area contributed by atoms with Gasteiger partial charge in [-0.3, -0.25) is 14.4 Å². The van der Waals surface area contributed by atoms with E-state index in [0.29, 0.717) is 167 Å². The fourth-order valence-corrected chi connectivity index (χ4v) is 9.03. The van der Waals surface area contributed by atoms with Crippen LogP contribution in [-0.4, -0.2) is 203 Å². The Morgan fingerprint density at radius 2 is 1.17 bits per heavy atom. The molecule has 0 saturated heterocycles. The van der Waals surface area contributed by atoms with Gasteiger partial charge < -0.3 is 79.2 Å². The van der Waals surface area contributed by atoms with Gasteiger partial charge in [0, 0.05) is 52.2 Å². The second kappa shape index (κ2) is 47.3. The Balaban J connectivity index is 1.61. The Morgan fingerprint density at radius 1 is 0.682 bits per heavy atom. The lowest BCUT2D eigenvalue weighted by Gasteiger charge is -2.23. The van der Waals surface area contributed by atoms with Gasteiger partial charge >= 0.3 is 6.03 Å². The molecule has 0 spiro atoms. The zero-order valence-electron chi connectivity index (χ0n) is 54.8. The third-order valence-electron chi connectivity index (χ3n) is 12.1. The molecule has 0 aliphatic carbocycles. The molecule has 0 saturated carbocycles. The molecule has 0 aliphatic heterocycles.